The van der Waals surface area contributed by atoms with Crippen LogP contribution in [0.15, 0.2) is 0 Å². The fourth-order valence-electron chi connectivity index (χ4n) is 0.619. The van der Waals surface area contributed by atoms with E-state index in [0.29, 0.717) is 0 Å². The van der Waals surface area contributed by atoms with Gasteiger partial charge in [-0.05, 0) is 20.3 Å². The minimum absolute atomic E-state index is 0.122. The standard InChI is InChI=1S/C6H15ClOSi/c1-4-5(7)6(2,3)8-9/h5H,4H2,1-3,9H3. The fourth-order valence-corrected chi connectivity index (χ4v) is 1.14. The van der Waals surface area contributed by atoms with Gasteiger partial charge in [-0.3, -0.25) is 0 Å². The van der Waals surface area contributed by atoms with Crippen molar-refractivity contribution >= 4 is 22.1 Å². The van der Waals surface area contributed by atoms with E-state index in [1.54, 1.807) is 0 Å². The zero-order chi connectivity index (χ0) is 7.49. The van der Waals surface area contributed by atoms with Crippen molar-refractivity contribution in [2.45, 2.75) is 38.2 Å². The van der Waals surface area contributed by atoms with Crippen LogP contribution in [-0.2, 0) is 4.43 Å². The van der Waals surface area contributed by atoms with E-state index in [1.807, 2.05) is 13.8 Å². The molecule has 0 N–H and O–H groups in total. The average Bonchev–Trinajstić information content (AvgIpc) is 1.86. The molecule has 0 aromatic carbocycles. The van der Waals surface area contributed by atoms with Gasteiger partial charge in [-0.15, -0.1) is 11.6 Å². The van der Waals surface area contributed by atoms with Crippen LogP contribution < -0.4 is 0 Å². The lowest BCUT2D eigenvalue weighted by Crippen LogP contribution is -2.34. The summed E-state index contributed by atoms with van der Waals surface area (Å²) < 4.78 is 5.30. The van der Waals surface area contributed by atoms with Crippen molar-refractivity contribution in [3.8, 4) is 0 Å². The van der Waals surface area contributed by atoms with Crippen molar-refractivity contribution in [3.05, 3.63) is 0 Å². The molecule has 0 saturated carbocycles. The first-order valence-electron chi connectivity index (χ1n) is 3.23. The topological polar surface area (TPSA) is 9.23 Å². The summed E-state index contributed by atoms with van der Waals surface area (Å²) in [5.41, 5.74) is -0.122. The second-order valence-corrected chi connectivity index (χ2v) is 3.62. The Morgan fingerprint density at radius 3 is 2.22 bits per heavy atom. The van der Waals surface area contributed by atoms with Crippen LogP contribution in [0.25, 0.3) is 0 Å². The van der Waals surface area contributed by atoms with Crippen LogP contribution in [0.3, 0.4) is 0 Å². The molecule has 0 aliphatic carbocycles. The molecular weight excluding hydrogens is 152 g/mol. The summed E-state index contributed by atoms with van der Waals surface area (Å²) in [6.45, 7) is 6.13. The molecule has 0 aliphatic rings. The van der Waals surface area contributed by atoms with E-state index in [-0.39, 0.29) is 11.0 Å². The molecule has 1 atom stereocenters. The molecule has 0 bridgehead atoms. The van der Waals surface area contributed by atoms with Gasteiger partial charge in [0.25, 0.3) is 0 Å². The maximum atomic E-state index is 5.95. The first-order valence-corrected chi connectivity index (χ1v) is 4.49. The van der Waals surface area contributed by atoms with Crippen molar-refractivity contribution < 1.29 is 4.43 Å². The lowest BCUT2D eigenvalue weighted by atomic mass is 10.0. The highest BCUT2D eigenvalue weighted by atomic mass is 35.5. The monoisotopic (exact) mass is 166 g/mol. The zero-order valence-corrected chi connectivity index (χ0v) is 9.33. The number of hydrogen-bond acceptors (Lipinski definition) is 1. The number of halogens is 1. The molecule has 0 fully saturated rings. The highest BCUT2D eigenvalue weighted by Gasteiger charge is 2.24. The van der Waals surface area contributed by atoms with Gasteiger partial charge in [-0.25, -0.2) is 0 Å². The van der Waals surface area contributed by atoms with Crippen molar-refractivity contribution in [2.75, 3.05) is 0 Å². The Balaban J connectivity index is 3.80. The van der Waals surface area contributed by atoms with E-state index in [1.165, 1.54) is 0 Å². The van der Waals surface area contributed by atoms with Crippen LogP contribution in [0.1, 0.15) is 27.2 Å². The van der Waals surface area contributed by atoms with Crippen LogP contribution >= 0.6 is 11.6 Å². The van der Waals surface area contributed by atoms with Crippen LogP contribution in [0.2, 0.25) is 0 Å². The first-order chi connectivity index (χ1) is 4.04. The van der Waals surface area contributed by atoms with Gasteiger partial charge in [0, 0.05) is 0 Å². The van der Waals surface area contributed by atoms with Crippen molar-refractivity contribution in [1.82, 2.24) is 0 Å². The van der Waals surface area contributed by atoms with Crippen molar-refractivity contribution in [1.29, 1.82) is 0 Å². The average molecular weight is 167 g/mol. The maximum Gasteiger partial charge on any atom is 0.146 e. The van der Waals surface area contributed by atoms with Gasteiger partial charge in [0.2, 0.25) is 0 Å². The quantitative estimate of drug-likeness (QED) is 0.451. The molecule has 56 valence electrons. The number of alkyl halides is 1. The minimum atomic E-state index is -0.122. The molecule has 0 radical (unpaired) electrons. The molecule has 1 nitrogen and oxygen atoms in total. The molecule has 0 heterocycles. The van der Waals surface area contributed by atoms with E-state index in [9.17, 15) is 0 Å². The Bertz CT molecular complexity index is 85.1. The Morgan fingerprint density at radius 1 is 1.67 bits per heavy atom. The Labute approximate surface area is 65.3 Å². The third-order valence-electron chi connectivity index (χ3n) is 1.64. The normalized spacial score (nSPS) is 16.0. The molecular formula is C6H15ClOSi. The highest BCUT2D eigenvalue weighted by Crippen LogP contribution is 2.21. The van der Waals surface area contributed by atoms with Gasteiger partial charge in [-0.2, -0.15) is 0 Å². The van der Waals surface area contributed by atoms with Gasteiger partial charge in [0.1, 0.15) is 10.5 Å². The van der Waals surface area contributed by atoms with E-state index >= 15 is 0 Å². The largest absolute Gasteiger partial charge is 0.422 e. The molecule has 3 heteroatoms. The highest BCUT2D eigenvalue weighted by molar-refractivity contribution is 6.21. The predicted molar refractivity (Wildman–Crippen MR) is 45.0 cm³/mol. The van der Waals surface area contributed by atoms with E-state index in [0.717, 1.165) is 16.9 Å². The fraction of sp³-hybridized carbons (Fsp3) is 1.00. The van der Waals surface area contributed by atoms with E-state index in [2.05, 4.69) is 6.92 Å². The second-order valence-electron chi connectivity index (χ2n) is 2.68. The number of hydrogen-bond donors (Lipinski definition) is 0. The van der Waals surface area contributed by atoms with E-state index in [4.69, 9.17) is 16.0 Å². The lowest BCUT2D eigenvalue weighted by Gasteiger charge is -2.28. The Hall–Kier alpha value is 0.467. The van der Waals surface area contributed by atoms with Gasteiger partial charge in [0.05, 0.1) is 11.0 Å². The van der Waals surface area contributed by atoms with Gasteiger partial charge >= 0.3 is 0 Å². The lowest BCUT2D eigenvalue weighted by molar-refractivity contribution is 0.116. The second kappa shape index (κ2) is 3.59. The Kier molecular flexibility index (Phi) is 3.78. The summed E-state index contributed by atoms with van der Waals surface area (Å²) >= 11 is 5.95. The molecule has 0 spiro atoms. The third kappa shape index (κ3) is 2.69. The van der Waals surface area contributed by atoms with Crippen molar-refractivity contribution in [2.24, 2.45) is 0 Å². The molecule has 0 rings (SSSR count). The van der Waals surface area contributed by atoms with Crippen LogP contribution in [0.5, 0.6) is 0 Å². The molecule has 0 saturated heterocycles. The summed E-state index contributed by atoms with van der Waals surface area (Å²) in [6.07, 6.45) is 0.969. The smallest absolute Gasteiger partial charge is 0.146 e. The molecule has 9 heavy (non-hydrogen) atoms. The molecule has 1 unspecified atom stereocenters. The van der Waals surface area contributed by atoms with Gasteiger partial charge in [0.15, 0.2) is 0 Å². The SMILES string of the molecule is CCC(Cl)C(C)(C)O[SiH3]. The zero-order valence-electron chi connectivity index (χ0n) is 6.57. The van der Waals surface area contributed by atoms with Crippen LogP contribution in [0, 0.1) is 0 Å². The Morgan fingerprint density at radius 2 is 2.11 bits per heavy atom. The van der Waals surface area contributed by atoms with Gasteiger partial charge < -0.3 is 4.43 Å². The summed E-state index contributed by atoms with van der Waals surface area (Å²) in [4.78, 5) is 0. The summed E-state index contributed by atoms with van der Waals surface area (Å²) in [5, 5.41) is 0.148. The van der Waals surface area contributed by atoms with E-state index < -0.39 is 0 Å². The third-order valence-corrected chi connectivity index (χ3v) is 3.53. The molecule has 0 aromatic heterocycles. The van der Waals surface area contributed by atoms with Gasteiger partial charge in [-0.1, -0.05) is 6.92 Å². The van der Waals surface area contributed by atoms with Crippen LogP contribution in [0.4, 0.5) is 0 Å². The summed E-state index contributed by atoms with van der Waals surface area (Å²) in [6, 6.07) is 0. The first kappa shape index (κ1) is 9.47. The minimum Gasteiger partial charge on any atom is -0.422 e. The number of rotatable bonds is 3. The van der Waals surface area contributed by atoms with Crippen molar-refractivity contribution in [3.63, 3.8) is 0 Å². The molecule has 0 aromatic rings. The summed E-state index contributed by atoms with van der Waals surface area (Å²) in [7, 11) is 0.765. The molecule has 0 aliphatic heterocycles. The maximum absolute atomic E-state index is 5.95. The summed E-state index contributed by atoms with van der Waals surface area (Å²) in [5.74, 6) is 0. The van der Waals surface area contributed by atoms with Crippen LogP contribution in [-0.4, -0.2) is 21.5 Å². The predicted octanol–water partition coefficient (Wildman–Crippen LogP) is 1.08. The molecule has 0 amide bonds.